The third kappa shape index (κ3) is 1.74. The van der Waals surface area contributed by atoms with Crippen molar-refractivity contribution in [3.05, 3.63) is 33.2 Å². The number of nitrogens with zero attached hydrogens (tertiary/aromatic N) is 4. The summed E-state index contributed by atoms with van der Waals surface area (Å²) >= 11 is 1.67. The number of aryl methyl sites for hydroxylation is 3. The van der Waals surface area contributed by atoms with Crippen molar-refractivity contribution < 1.29 is 0 Å². The van der Waals surface area contributed by atoms with Gasteiger partial charge in [-0.25, -0.2) is 4.68 Å². The van der Waals surface area contributed by atoms with Gasteiger partial charge in [0.2, 0.25) is 0 Å². The SMILES string of the molecule is Cc1cc2c(cc3c(=O)n(CCC#N)nc(C)n32)s1. The summed E-state index contributed by atoms with van der Waals surface area (Å²) in [7, 11) is 0. The molecular formula is C13H12N4OS. The van der Waals surface area contributed by atoms with E-state index >= 15 is 0 Å². The fraction of sp³-hybridized carbons (Fsp3) is 0.308. The second kappa shape index (κ2) is 4.21. The van der Waals surface area contributed by atoms with E-state index in [9.17, 15) is 4.79 Å². The lowest BCUT2D eigenvalue weighted by atomic mass is 10.4. The lowest BCUT2D eigenvalue weighted by Gasteiger charge is -2.06. The van der Waals surface area contributed by atoms with Crippen LogP contribution < -0.4 is 5.56 Å². The lowest BCUT2D eigenvalue weighted by Crippen LogP contribution is -2.26. The predicted octanol–water partition coefficient (Wildman–Crippen LogP) is 2.24. The van der Waals surface area contributed by atoms with E-state index in [1.54, 1.807) is 11.3 Å². The molecule has 0 radical (unpaired) electrons. The number of hydrogen-bond donors (Lipinski definition) is 0. The van der Waals surface area contributed by atoms with E-state index in [0.29, 0.717) is 12.1 Å². The van der Waals surface area contributed by atoms with E-state index in [1.165, 1.54) is 9.56 Å². The van der Waals surface area contributed by atoms with Gasteiger partial charge in [0.1, 0.15) is 11.3 Å². The Bertz CT molecular complexity index is 878. The lowest BCUT2D eigenvalue weighted by molar-refractivity contribution is 0.571. The van der Waals surface area contributed by atoms with Crippen molar-refractivity contribution >= 4 is 27.1 Å². The molecule has 0 N–H and O–H groups in total. The summed E-state index contributed by atoms with van der Waals surface area (Å²) in [6, 6.07) is 6.02. The van der Waals surface area contributed by atoms with Crippen LogP contribution in [0.15, 0.2) is 16.9 Å². The van der Waals surface area contributed by atoms with Gasteiger partial charge < -0.3 is 0 Å². The number of fused-ring (bicyclic) bond motifs is 3. The number of thiophene rings is 1. The van der Waals surface area contributed by atoms with Crippen LogP contribution in [0.2, 0.25) is 0 Å². The van der Waals surface area contributed by atoms with Gasteiger partial charge in [-0.05, 0) is 26.0 Å². The summed E-state index contributed by atoms with van der Waals surface area (Å²) in [5.74, 6) is 0.764. The highest BCUT2D eigenvalue weighted by Gasteiger charge is 2.13. The molecule has 5 nitrogen and oxygen atoms in total. The van der Waals surface area contributed by atoms with Gasteiger partial charge in [0.25, 0.3) is 5.56 Å². The van der Waals surface area contributed by atoms with Crippen LogP contribution >= 0.6 is 11.3 Å². The fourth-order valence-electron chi connectivity index (χ4n) is 2.33. The molecule has 0 aliphatic rings. The van der Waals surface area contributed by atoms with Crippen LogP contribution in [-0.2, 0) is 6.54 Å². The van der Waals surface area contributed by atoms with Gasteiger partial charge in [-0.3, -0.25) is 9.20 Å². The van der Waals surface area contributed by atoms with Gasteiger partial charge in [0.05, 0.1) is 29.3 Å². The van der Waals surface area contributed by atoms with E-state index in [2.05, 4.69) is 11.2 Å². The third-order valence-corrected chi connectivity index (χ3v) is 4.08. The molecule has 0 fully saturated rings. The zero-order valence-corrected chi connectivity index (χ0v) is 11.5. The molecule has 0 saturated heterocycles. The van der Waals surface area contributed by atoms with Crippen LogP contribution in [0.3, 0.4) is 0 Å². The molecule has 0 aromatic carbocycles. The maximum atomic E-state index is 12.3. The van der Waals surface area contributed by atoms with E-state index in [1.807, 2.05) is 30.4 Å². The van der Waals surface area contributed by atoms with Crippen molar-refractivity contribution in [2.24, 2.45) is 0 Å². The topological polar surface area (TPSA) is 63.1 Å². The van der Waals surface area contributed by atoms with Gasteiger partial charge in [-0.1, -0.05) is 0 Å². The second-order valence-corrected chi connectivity index (χ2v) is 5.74. The summed E-state index contributed by atoms with van der Waals surface area (Å²) < 4.78 is 4.37. The molecule has 3 aromatic rings. The molecule has 6 heteroatoms. The van der Waals surface area contributed by atoms with Crippen molar-refractivity contribution in [1.82, 2.24) is 14.2 Å². The molecule has 0 bridgehead atoms. The summed E-state index contributed by atoms with van der Waals surface area (Å²) in [4.78, 5) is 13.5. The Kier molecular flexibility index (Phi) is 2.64. The van der Waals surface area contributed by atoms with E-state index in [0.717, 1.165) is 16.0 Å². The van der Waals surface area contributed by atoms with Crippen molar-refractivity contribution in [2.75, 3.05) is 0 Å². The average molecular weight is 272 g/mol. The maximum Gasteiger partial charge on any atom is 0.291 e. The van der Waals surface area contributed by atoms with E-state index in [4.69, 9.17) is 5.26 Å². The van der Waals surface area contributed by atoms with E-state index in [-0.39, 0.29) is 12.0 Å². The Morgan fingerprint density at radius 2 is 2.16 bits per heavy atom. The highest BCUT2D eigenvalue weighted by atomic mass is 32.1. The molecule has 96 valence electrons. The van der Waals surface area contributed by atoms with Crippen molar-refractivity contribution in [2.45, 2.75) is 26.8 Å². The van der Waals surface area contributed by atoms with E-state index < -0.39 is 0 Å². The first-order valence-corrected chi connectivity index (χ1v) is 6.79. The molecule has 0 atom stereocenters. The van der Waals surface area contributed by atoms with Gasteiger partial charge >= 0.3 is 0 Å². The molecule has 3 rings (SSSR count). The van der Waals surface area contributed by atoms with Crippen molar-refractivity contribution in [3.63, 3.8) is 0 Å². The summed E-state index contributed by atoms with van der Waals surface area (Å²) in [5.41, 5.74) is 1.53. The summed E-state index contributed by atoms with van der Waals surface area (Å²) in [5, 5.41) is 12.9. The Morgan fingerprint density at radius 3 is 2.89 bits per heavy atom. The smallest absolute Gasteiger partial charge is 0.290 e. The van der Waals surface area contributed by atoms with Gasteiger partial charge in [-0.2, -0.15) is 10.4 Å². The Morgan fingerprint density at radius 1 is 1.37 bits per heavy atom. The summed E-state index contributed by atoms with van der Waals surface area (Å²) in [6.45, 7) is 4.26. The Hall–Kier alpha value is -2.13. The first-order chi connectivity index (χ1) is 9.11. The standard InChI is InChI=1S/C13H12N4OS/c1-8-6-10-12(19-8)7-11-13(18)16(5-3-4-14)15-9(2)17(10)11/h6-7H,3,5H2,1-2H3. The monoisotopic (exact) mass is 272 g/mol. The number of nitriles is 1. The zero-order valence-electron chi connectivity index (χ0n) is 10.7. The largest absolute Gasteiger partial charge is 0.291 e. The molecule has 0 unspecified atom stereocenters. The van der Waals surface area contributed by atoms with Gasteiger partial charge in [0, 0.05) is 4.88 Å². The Balaban J connectivity index is 2.35. The highest BCUT2D eigenvalue weighted by Crippen LogP contribution is 2.27. The minimum Gasteiger partial charge on any atom is -0.290 e. The van der Waals surface area contributed by atoms with Crippen LogP contribution in [0.1, 0.15) is 17.1 Å². The minimum absolute atomic E-state index is 0.137. The van der Waals surface area contributed by atoms with Crippen LogP contribution in [0.5, 0.6) is 0 Å². The summed E-state index contributed by atoms with van der Waals surface area (Å²) in [6.07, 6.45) is 0.288. The third-order valence-electron chi connectivity index (χ3n) is 3.09. The molecule has 0 aliphatic carbocycles. The van der Waals surface area contributed by atoms with Crippen LogP contribution in [0.4, 0.5) is 0 Å². The number of hydrogen-bond acceptors (Lipinski definition) is 4. The average Bonchev–Trinajstić information content (AvgIpc) is 2.87. The molecule has 3 aromatic heterocycles. The molecule has 19 heavy (non-hydrogen) atoms. The number of aromatic nitrogens is 3. The molecule has 0 spiro atoms. The molecule has 0 saturated carbocycles. The predicted molar refractivity (Wildman–Crippen MR) is 74.5 cm³/mol. The molecule has 0 amide bonds. The van der Waals surface area contributed by atoms with Crippen LogP contribution in [0.25, 0.3) is 15.7 Å². The molecule has 0 aliphatic heterocycles. The second-order valence-electron chi connectivity index (χ2n) is 4.46. The fourth-order valence-corrected chi connectivity index (χ4v) is 3.27. The minimum atomic E-state index is -0.137. The van der Waals surface area contributed by atoms with Crippen LogP contribution in [-0.4, -0.2) is 14.2 Å². The van der Waals surface area contributed by atoms with Crippen molar-refractivity contribution in [1.29, 1.82) is 5.26 Å². The number of rotatable bonds is 2. The highest BCUT2D eigenvalue weighted by molar-refractivity contribution is 7.19. The first-order valence-electron chi connectivity index (χ1n) is 5.98. The Labute approximate surface area is 113 Å². The molecular weight excluding hydrogens is 260 g/mol. The maximum absolute atomic E-state index is 12.3. The molecule has 3 heterocycles. The van der Waals surface area contributed by atoms with Crippen molar-refractivity contribution in [3.8, 4) is 6.07 Å². The van der Waals surface area contributed by atoms with Crippen LogP contribution in [0, 0.1) is 25.2 Å². The van der Waals surface area contributed by atoms with Gasteiger partial charge in [-0.15, -0.1) is 11.3 Å². The van der Waals surface area contributed by atoms with Gasteiger partial charge in [0.15, 0.2) is 0 Å². The zero-order chi connectivity index (χ0) is 13.6. The quantitative estimate of drug-likeness (QED) is 0.718. The normalized spacial score (nSPS) is 11.2. The first kappa shape index (κ1) is 11.9.